The molecule has 1 rings (SSSR count). The first kappa shape index (κ1) is 6.53. The van der Waals surface area contributed by atoms with Gasteiger partial charge in [-0.05, 0) is 0 Å². The molecule has 3 heteroatoms. The maximum absolute atomic E-state index is 6.56. The van der Waals surface area contributed by atoms with Gasteiger partial charge >= 0.3 is 0 Å². The Morgan fingerprint density at radius 3 is 3.22 bits per heavy atom. The zero-order valence-electron chi connectivity index (χ0n) is 5.26. The van der Waals surface area contributed by atoms with E-state index in [4.69, 9.17) is 11.3 Å². The van der Waals surface area contributed by atoms with Crippen LogP contribution < -0.4 is 5.32 Å². The fourth-order valence-electron chi connectivity index (χ4n) is 0.839. The van der Waals surface area contributed by atoms with Crippen molar-refractivity contribution in [3.05, 3.63) is 11.4 Å². The van der Waals surface area contributed by atoms with Crippen molar-refractivity contribution in [3.8, 4) is 0 Å². The molecule has 0 aromatic carbocycles. The van der Waals surface area contributed by atoms with Crippen LogP contribution in [0, 0.1) is 6.57 Å². The maximum Gasteiger partial charge on any atom is 0.241 e. The minimum absolute atomic E-state index is 0.135. The third-order valence-electron chi connectivity index (χ3n) is 1.30. The van der Waals surface area contributed by atoms with E-state index in [9.17, 15) is 0 Å². The van der Waals surface area contributed by atoms with Crippen LogP contribution in [0.5, 0.6) is 0 Å². The summed E-state index contributed by atoms with van der Waals surface area (Å²) in [5.41, 5.74) is 0. The molecule has 0 saturated carbocycles. The van der Waals surface area contributed by atoms with Crippen LogP contribution >= 0.6 is 0 Å². The Kier molecular flexibility index (Phi) is 2.49. The molecule has 0 spiro atoms. The minimum atomic E-state index is 0.135. The zero-order chi connectivity index (χ0) is 6.53. The normalized spacial score (nSPS) is 27.2. The Morgan fingerprint density at radius 2 is 2.67 bits per heavy atom. The highest BCUT2D eigenvalue weighted by Crippen LogP contribution is 1.94. The number of nitrogens with zero attached hydrogens (tertiary/aromatic N) is 1. The first-order chi connectivity index (χ1) is 4.43. The van der Waals surface area contributed by atoms with Crippen LogP contribution in [-0.4, -0.2) is 32.3 Å². The van der Waals surface area contributed by atoms with E-state index in [1.54, 1.807) is 0 Å². The Morgan fingerprint density at radius 1 is 1.78 bits per heavy atom. The van der Waals surface area contributed by atoms with E-state index in [2.05, 4.69) is 10.2 Å². The fraction of sp³-hybridized carbons (Fsp3) is 0.833. The molecular formula is C6H10N2O. The lowest BCUT2D eigenvalue weighted by Gasteiger charge is -2.18. The highest BCUT2D eigenvalue weighted by molar-refractivity contribution is 4.75. The molecule has 0 radical (unpaired) electrons. The van der Waals surface area contributed by atoms with Gasteiger partial charge in [-0.2, -0.15) is 0 Å². The van der Waals surface area contributed by atoms with E-state index in [-0.39, 0.29) is 6.10 Å². The molecule has 9 heavy (non-hydrogen) atoms. The standard InChI is InChI=1S/C6H10N2O/c1-7-4-6-5-8-2-3-9-6/h6,8H,2-5H2/t6-/m1/s1. The summed E-state index contributed by atoms with van der Waals surface area (Å²) in [6.45, 7) is 9.56. The summed E-state index contributed by atoms with van der Waals surface area (Å²) < 4.78 is 5.24. The number of rotatable bonds is 1. The average Bonchev–Trinajstić information content (AvgIpc) is 1.91. The fourth-order valence-corrected chi connectivity index (χ4v) is 0.839. The van der Waals surface area contributed by atoms with Gasteiger partial charge in [0.05, 0.1) is 6.61 Å². The molecule has 1 heterocycles. The number of hydrogen-bond donors (Lipinski definition) is 1. The van der Waals surface area contributed by atoms with Gasteiger partial charge in [-0.3, -0.25) is 0 Å². The molecule has 1 aliphatic heterocycles. The summed E-state index contributed by atoms with van der Waals surface area (Å²) in [5.74, 6) is 0. The van der Waals surface area contributed by atoms with Gasteiger partial charge in [0.15, 0.2) is 0 Å². The molecule has 0 aromatic heterocycles. The van der Waals surface area contributed by atoms with E-state index in [0.717, 1.165) is 19.7 Å². The summed E-state index contributed by atoms with van der Waals surface area (Å²) in [5, 5.41) is 3.15. The smallest absolute Gasteiger partial charge is 0.241 e. The van der Waals surface area contributed by atoms with Gasteiger partial charge in [0, 0.05) is 13.1 Å². The van der Waals surface area contributed by atoms with Crippen molar-refractivity contribution in [1.82, 2.24) is 5.32 Å². The molecule has 3 nitrogen and oxygen atoms in total. The molecule has 1 saturated heterocycles. The Labute approximate surface area is 54.8 Å². The van der Waals surface area contributed by atoms with Crippen molar-refractivity contribution in [2.24, 2.45) is 0 Å². The van der Waals surface area contributed by atoms with Gasteiger partial charge in [-0.25, -0.2) is 6.57 Å². The van der Waals surface area contributed by atoms with Crippen molar-refractivity contribution >= 4 is 0 Å². The largest absolute Gasteiger partial charge is 0.368 e. The van der Waals surface area contributed by atoms with Crippen LogP contribution in [0.4, 0.5) is 0 Å². The summed E-state index contributed by atoms with van der Waals surface area (Å²) in [6.07, 6.45) is 0.135. The summed E-state index contributed by atoms with van der Waals surface area (Å²) in [4.78, 5) is 3.24. The van der Waals surface area contributed by atoms with Gasteiger partial charge in [0.2, 0.25) is 6.54 Å². The first-order valence-corrected chi connectivity index (χ1v) is 3.09. The molecule has 0 bridgehead atoms. The molecule has 1 fully saturated rings. The number of ether oxygens (including phenoxy) is 1. The molecule has 1 atom stereocenters. The van der Waals surface area contributed by atoms with Crippen molar-refractivity contribution in [2.75, 3.05) is 26.2 Å². The van der Waals surface area contributed by atoms with Crippen molar-refractivity contribution in [2.45, 2.75) is 6.10 Å². The SMILES string of the molecule is [C-]#[N+]C[C@@H]1CNCCO1. The topological polar surface area (TPSA) is 25.6 Å². The van der Waals surface area contributed by atoms with Crippen LogP contribution in [0.2, 0.25) is 0 Å². The third-order valence-corrected chi connectivity index (χ3v) is 1.30. The highest BCUT2D eigenvalue weighted by atomic mass is 16.5. The Balaban J connectivity index is 2.17. The van der Waals surface area contributed by atoms with Gasteiger partial charge in [0.1, 0.15) is 6.10 Å². The van der Waals surface area contributed by atoms with E-state index >= 15 is 0 Å². The Bertz CT molecular complexity index is 113. The monoisotopic (exact) mass is 126 g/mol. The minimum Gasteiger partial charge on any atom is -0.368 e. The van der Waals surface area contributed by atoms with E-state index in [1.165, 1.54) is 0 Å². The second-order valence-electron chi connectivity index (χ2n) is 2.04. The summed E-state index contributed by atoms with van der Waals surface area (Å²) in [6, 6.07) is 0. The molecule has 0 aliphatic carbocycles. The predicted molar refractivity (Wildman–Crippen MR) is 34.1 cm³/mol. The lowest BCUT2D eigenvalue weighted by Crippen LogP contribution is -2.39. The highest BCUT2D eigenvalue weighted by Gasteiger charge is 2.14. The van der Waals surface area contributed by atoms with Gasteiger partial charge < -0.3 is 14.9 Å². The first-order valence-electron chi connectivity index (χ1n) is 3.09. The maximum atomic E-state index is 6.56. The lowest BCUT2D eigenvalue weighted by molar-refractivity contribution is 0.0392. The number of morpholine rings is 1. The van der Waals surface area contributed by atoms with Crippen molar-refractivity contribution < 1.29 is 4.74 Å². The van der Waals surface area contributed by atoms with Gasteiger partial charge in [-0.15, -0.1) is 0 Å². The van der Waals surface area contributed by atoms with Gasteiger partial charge in [-0.1, -0.05) is 0 Å². The second kappa shape index (κ2) is 3.44. The third kappa shape index (κ3) is 2.00. The molecule has 1 N–H and O–H groups in total. The lowest BCUT2D eigenvalue weighted by atomic mass is 10.3. The van der Waals surface area contributed by atoms with Crippen molar-refractivity contribution in [1.29, 1.82) is 0 Å². The number of nitrogens with one attached hydrogen (secondary N) is 1. The quantitative estimate of drug-likeness (QED) is 0.496. The molecule has 50 valence electrons. The van der Waals surface area contributed by atoms with E-state index < -0.39 is 0 Å². The molecular weight excluding hydrogens is 116 g/mol. The predicted octanol–water partition coefficient (Wildman–Crippen LogP) is -0.106. The van der Waals surface area contributed by atoms with Gasteiger partial charge in [0.25, 0.3) is 0 Å². The second-order valence-corrected chi connectivity index (χ2v) is 2.04. The van der Waals surface area contributed by atoms with Crippen LogP contribution in [0.15, 0.2) is 0 Å². The summed E-state index contributed by atoms with van der Waals surface area (Å²) in [7, 11) is 0. The van der Waals surface area contributed by atoms with Crippen LogP contribution in [0.3, 0.4) is 0 Å². The molecule has 0 amide bonds. The summed E-state index contributed by atoms with van der Waals surface area (Å²) >= 11 is 0. The zero-order valence-corrected chi connectivity index (χ0v) is 5.26. The van der Waals surface area contributed by atoms with Crippen molar-refractivity contribution in [3.63, 3.8) is 0 Å². The van der Waals surface area contributed by atoms with E-state index in [0.29, 0.717) is 6.54 Å². The molecule has 0 aromatic rings. The van der Waals surface area contributed by atoms with Crippen LogP contribution in [0.25, 0.3) is 4.85 Å². The van der Waals surface area contributed by atoms with Crippen LogP contribution in [0.1, 0.15) is 0 Å². The van der Waals surface area contributed by atoms with E-state index in [1.807, 2.05) is 0 Å². The molecule has 0 unspecified atom stereocenters. The Hall–Kier alpha value is -0.590. The molecule has 1 aliphatic rings. The van der Waals surface area contributed by atoms with Crippen LogP contribution in [-0.2, 0) is 4.74 Å². The average molecular weight is 126 g/mol. The number of hydrogen-bond acceptors (Lipinski definition) is 2.